The van der Waals surface area contributed by atoms with Crippen molar-refractivity contribution in [2.75, 3.05) is 13.7 Å². The number of carbonyl (C=O) groups excluding carboxylic acids is 1. The molecule has 1 aromatic carbocycles. The van der Waals surface area contributed by atoms with Gasteiger partial charge in [-0.15, -0.1) is 0 Å². The second-order valence-electron chi connectivity index (χ2n) is 7.44. The minimum absolute atomic E-state index is 0.0260. The van der Waals surface area contributed by atoms with E-state index in [9.17, 15) is 9.18 Å². The van der Waals surface area contributed by atoms with Crippen LogP contribution in [0.2, 0.25) is 0 Å². The lowest BCUT2D eigenvalue weighted by atomic mass is 9.98. The largest absolute Gasteiger partial charge is 0.491 e. The number of aromatic nitrogens is 1. The smallest absolute Gasteiger partial charge is 0.220 e. The highest BCUT2D eigenvalue weighted by Gasteiger charge is 2.28. The standard InChI is InChI=1S/C23H25FN2O3/c1-3-29-21-10-6-15(12-19(21)24)18(13-16-7-11-22(27)25-16)20-9-8-17(14-4-5-14)23(26-20)28-2/h6,8-10,12-14,16H,3-5,7,11H2,1-2H3,(H,25,27)/b18-13+/t16-/m1/s1. The topological polar surface area (TPSA) is 60.5 Å². The molecule has 4 rings (SSSR count). The highest BCUT2D eigenvalue weighted by Crippen LogP contribution is 2.44. The Morgan fingerprint density at radius 2 is 2.10 bits per heavy atom. The minimum atomic E-state index is -0.424. The van der Waals surface area contributed by atoms with E-state index in [1.165, 1.54) is 6.07 Å². The molecule has 1 saturated carbocycles. The van der Waals surface area contributed by atoms with Crippen LogP contribution in [-0.4, -0.2) is 30.6 Å². The highest BCUT2D eigenvalue weighted by atomic mass is 19.1. The Morgan fingerprint density at radius 1 is 1.28 bits per heavy atom. The zero-order valence-corrected chi connectivity index (χ0v) is 16.7. The van der Waals surface area contributed by atoms with Gasteiger partial charge in [-0.2, -0.15) is 0 Å². The number of pyridine rings is 1. The maximum atomic E-state index is 14.5. The first-order chi connectivity index (χ1) is 14.1. The van der Waals surface area contributed by atoms with Gasteiger partial charge in [-0.05, 0) is 55.9 Å². The number of rotatable bonds is 7. The van der Waals surface area contributed by atoms with Crippen molar-refractivity contribution in [2.24, 2.45) is 0 Å². The Labute approximate surface area is 169 Å². The normalized spacial score (nSPS) is 19.2. The molecular formula is C23H25FN2O3. The summed E-state index contributed by atoms with van der Waals surface area (Å²) in [6.07, 6.45) is 5.46. The summed E-state index contributed by atoms with van der Waals surface area (Å²) in [4.78, 5) is 16.4. The van der Waals surface area contributed by atoms with Gasteiger partial charge in [-0.25, -0.2) is 9.37 Å². The zero-order chi connectivity index (χ0) is 20.4. The lowest BCUT2D eigenvalue weighted by Crippen LogP contribution is -2.23. The Kier molecular flexibility index (Phi) is 5.51. The summed E-state index contributed by atoms with van der Waals surface area (Å²) >= 11 is 0. The van der Waals surface area contributed by atoms with Crippen molar-refractivity contribution < 1.29 is 18.7 Å². The number of halogens is 1. The number of carbonyl (C=O) groups is 1. The van der Waals surface area contributed by atoms with Crippen molar-refractivity contribution >= 4 is 11.5 Å². The van der Waals surface area contributed by atoms with Crippen LogP contribution in [0.15, 0.2) is 36.4 Å². The number of nitrogens with zero attached hydrogens (tertiary/aromatic N) is 1. The van der Waals surface area contributed by atoms with Crippen LogP contribution < -0.4 is 14.8 Å². The quantitative estimate of drug-likeness (QED) is 0.761. The molecule has 1 saturated heterocycles. The molecule has 1 atom stereocenters. The molecule has 1 aliphatic carbocycles. The number of hydrogen-bond donors (Lipinski definition) is 1. The summed E-state index contributed by atoms with van der Waals surface area (Å²) in [5.74, 6) is 0.943. The van der Waals surface area contributed by atoms with Gasteiger partial charge in [0.2, 0.25) is 11.8 Å². The fraction of sp³-hybridized carbons (Fsp3) is 0.391. The third-order valence-electron chi connectivity index (χ3n) is 5.32. The van der Waals surface area contributed by atoms with Crippen molar-refractivity contribution in [2.45, 2.75) is 44.6 Å². The molecule has 5 nitrogen and oxygen atoms in total. The van der Waals surface area contributed by atoms with Gasteiger partial charge in [-0.3, -0.25) is 4.79 Å². The van der Waals surface area contributed by atoms with Crippen molar-refractivity contribution in [1.29, 1.82) is 0 Å². The number of nitrogens with one attached hydrogen (secondary N) is 1. The van der Waals surface area contributed by atoms with Gasteiger partial charge in [0, 0.05) is 23.6 Å². The van der Waals surface area contributed by atoms with Crippen molar-refractivity contribution in [1.82, 2.24) is 10.3 Å². The second-order valence-corrected chi connectivity index (χ2v) is 7.44. The SMILES string of the molecule is CCOc1ccc(/C(=C\[C@H]2CCC(=O)N2)c2ccc(C3CC3)c(OC)n2)cc1F. The third-order valence-corrected chi connectivity index (χ3v) is 5.32. The van der Waals surface area contributed by atoms with E-state index in [0.29, 0.717) is 42.5 Å². The molecule has 0 unspecified atom stereocenters. The van der Waals surface area contributed by atoms with Crippen molar-refractivity contribution in [3.8, 4) is 11.6 Å². The molecule has 0 bridgehead atoms. The van der Waals surface area contributed by atoms with Crippen LogP contribution in [0, 0.1) is 5.82 Å². The molecule has 2 heterocycles. The summed E-state index contributed by atoms with van der Waals surface area (Å²) in [6, 6.07) is 8.79. The van der Waals surface area contributed by atoms with E-state index in [-0.39, 0.29) is 17.7 Å². The summed E-state index contributed by atoms with van der Waals surface area (Å²) < 4.78 is 25.4. The summed E-state index contributed by atoms with van der Waals surface area (Å²) in [7, 11) is 1.62. The van der Waals surface area contributed by atoms with Gasteiger partial charge < -0.3 is 14.8 Å². The Bertz CT molecular complexity index is 953. The lowest BCUT2D eigenvalue weighted by Gasteiger charge is -2.15. The maximum Gasteiger partial charge on any atom is 0.220 e. The van der Waals surface area contributed by atoms with Gasteiger partial charge in [0.05, 0.1) is 19.4 Å². The lowest BCUT2D eigenvalue weighted by molar-refractivity contribution is -0.119. The average Bonchev–Trinajstić information content (AvgIpc) is 3.49. The first kappa shape index (κ1) is 19.4. The molecule has 2 aromatic rings. The summed E-state index contributed by atoms with van der Waals surface area (Å²) in [5.41, 5.74) is 3.25. The van der Waals surface area contributed by atoms with Crippen LogP contribution in [0.25, 0.3) is 5.57 Å². The molecule has 29 heavy (non-hydrogen) atoms. The predicted molar refractivity (Wildman–Crippen MR) is 109 cm³/mol. The monoisotopic (exact) mass is 396 g/mol. The zero-order valence-electron chi connectivity index (χ0n) is 16.7. The van der Waals surface area contributed by atoms with Crippen LogP contribution in [0.5, 0.6) is 11.6 Å². The van der Waals surface area contributed by atoms with Gasteiger partial charge in [0.1, 0.15) is 0 Å². The Balaban J connectivity index is 1.76. The molecule has 2 fully saturated rings. The molecule has 1 amide bonds. The van der Waals surface area contributed by atoms with E-state index in [0.717, 1.165) is 24.0 Å². The van der Waals surface area contributed by atoms with E-state index in [2.05, 4.69) is 5.32 Å². The van der Waals surface area contributed by atoms with Gasteiger partial charge in [0.25, 0.3) is 0 Å². The molecule has 6 heteroatoms. The fourth-order valence-corrected chi connectivity index (χ4v) is 3.70. The Hall–Kier alpha value is -2.89. The van der Waals surface area contributed by atoms with E-state index in [4.69, 9.17) is 14.5 Å². The van der Waals surface area contributed by atoms with Crippen LogP contribution >= 0.6 is 0 Å². The minimum Gasteiger partial charge on any atom is -0.491 e. The van der Waals surface area contributed by atoms with Crippen LogP contribution in [0.1, 0.15) is 55.3 Å². The van der Waals surface area contributed by atoms with E-state index in [1.54, 1.807) is 13.2 Å². The van der Waals surface area contributed by atoms with Gasteiger partial charge in [-0.1, -0.05) is 18.2 Å². The maximum absolute atomic E-state index is 14.5. The molecule has 1 aromatic heterocycles. The number of ether oxygens (including phenoxy) is 2. The predicted octanol–water partition coefficient (Wildman–Crippen LogP) is 4.22. The van der Waals surface area contributed by atoms with Crippen LogP contribution in [0.3, 0.4) is 0 Å². The molecule has 2 aliphatic rings. The molecule has 1 aliphatic heterocycles. The fourth-order valence-electron chi connectivity index (χ4n) is 3.70. The van der Waals surface area contributed by atoms with Crippen molar-refractivity contribution in [3.05, 3.63) is 59.0 Å². The van der Waals surface area contributed by atoms with E-state index < -0.39 is 5.82 Å². The highest BCUT2D eigenvalue weighted by molar-refractivity contribution is 5.82. The van der Waals surface area contributed by atoms with Gasteiger partial charge in [0.15, 0.2) is 11.6 Å². The molecule has 152 valence electrons. The molecular weight excluding hydrogens is 371 g/mol. The summed E-state index contributed by atoms with van der Waals surface area (Å²) in [5, 5.41) is 2.95. The number of methoxy groups -OCH3 is 1. The van der Waals surface area contributed by atoms with E-state index in [1.807, 2.05) is 31.2 Å². The first-order valence-electron chi connectivity index (χ1n) is 10.1. The molecule has 0 radical (unpaired) electrons. The first-order valence-corrected chi connectivity index (χ1v) is 10.1. The number of amides is 1. The summed E-state index contributed by atoms with van der Waals surface area (Å²) in [6.45, 7) is 2.22. The van der Waals surface area contributed by atoms with Crippen LogP contribution in [0.4, 0.5) is 4.39 Å². The molecule has 0 spiro atoms. The Morgan fingerprint density at radius 3 is 2.72 bits per heavy atom. The average molecular weight is 396 g/mol. The third kappa shape index (κ3) is 4.26. The second kappa shape index (κ2) is 8.23. The van der Waals surface area contributed by atoms with Crippen molar-refractivity contribution in [3.63, 3.8) is 0 Å². The number of hydrogen-bond acceptors (Lipinski definition) is 4. The van der Waals surface area contributed by atoms with Crippen LogP contribution in [-0.2, 0) is 4.79 Å². The molecule has 1 N–H and O–H groups in total. The van der Waals surface area contributed by atoms with E-state index >= 15 is 0 Å². The van der Waals surface area contributed by atoms with Gasteiger partial charge >= 0.3 is 0 Å². The number of benzene rings is 1.